The maximum Gasteiger partial charge on any atom is 0.236 e. The van der Waals surface area contributed by atoms with Gasteiger partial charge in [0.2, 0.25) is 11.6 Å². The van der Waals surface area contributed by atoms with E-state index in [4.69, 9.17) is 11.3 Å². The Hall–Kier alpha value is -3.39. The van der Waals surface area contributed by atoms with Crippen molar-refractivity contribution in [3.63, 3.8) is 0 Å². The topological polar surface area (TPSA) is 51.0 Å². The van der Waals surface area contributed by atoms with Crippen LogP contribution in [0.2, 0.25) is 0 Å². The zero-order valence-corrected chi connectivity index (χ0v) is 17.2. The fourth-order valence-electron chi connectivity index (χ4n) is 4.92. The van der Waals surface area contributed by atoms with Gasteiger partial charge in [-0.05, 0) is 35.6 Å². The van der Waals surface area contributed by atoms with Gasteiger partial charge >= 0.3 is 0 Å². The highest BCUT2D eigenvalue weighted by atomic mass is 16.5. The number of allylic oxidation sites excluding steroid dienone is 1. The third-order valence-electron chi connectivity index (χ3n) is 6.45. The summed E-state index contributed by atoms with van der Waals surface area (Å²) in [6, 6.07) is 17.3. The molecule has 4 rings (SSSR count). The predicted octanol–water partition coefficient (Wildman–Crippen LogP) is 4.00. The maximum atomic E-state index is 14.0. The number of piperidine rings is 1. The first-order valence-electron chi connectivity index (χ1n) is 10.1. The molecule has 152 valence electrons. The van der Waals surface area contributed by atoms with E-state index in [1.165, 1.54) is 0 Å². The Kier molecular flexibility index (Phi) is 5.17. The van der Waals surface area contributed by atoms with E-state index in [1.807, 2.05) is 66.4 Å². The number of ketones is 1. The lowest BCUT2D eigenvalue weighted by Gasteiger charge is -2.50. The molecule has 0 saturated carbocycles. The normalized spacial score (nSPS) is 25.9. The van der Waals surface area contributed by atoms with Crippen molar-refractivity contribution in [3.8, 4) is 5.75 Å². The quantitative estimate of drug-likeness (QED) is 0.729. The molecule has 1 amide bonds. The van der Waals surface area contributed by atoms with Crippen LogP contribution in [0.5, 0.6) is 5.75 Å². The summed E-state index contributed by atoms with van der Waals surface area (Å²) in [5.74, 6) is 0.0118. The molecule has 0 spiro atoms. The first kappa shape index (κ1) is 19.9. The third-order valence-corrected chi connectivity index (χ3v) is 6.45. The molecule has 0 N–H and O–H groups in total. The van der Waals surface area contributed by atoms with Gasteiger partial charge in [-0.1, -0.05) is 55.5 Å². The third kappa shape index (κ3) is 3.09. The van der Waals surface area contributed by atoms with Crippen LogP contribution < -0.4 is 4.74 Å². The number of hydrogen-bond donors (Lipinski definition) is 0. The molecular weight excluding hydrogens is 376 g/mol. The second-order valence-electron chi connectivity index (χ2n) is 8.00. The fraction of sp³-hybridized carbons (Fsp3) is 0.320. The number of methoxy groups -OCH3 is 1. The summed E-state index contributed by atoms with van der Waals surface area (Å²) < 4.78 is 5.32. The van der Waals surface area contributed by atoms with Gasteiger partial charge < -0.3 is 14.4 Å². The van der Waals surface area contributed by atoms with Crippen molar-refractivity contribution in [2.24, 2.45) is 11.8 Å². The number of likely N-dealkylation sites (tertiary alicyclic amines) is 1. The number of amides is 1. The van der Waals surface area contributed by atoms with Crippen molar-refractivity contribution in [1.29, 1.82) is 0 Å². The lowest BCUT2D eigenvalue weighted by molar-refractivity contribution is -0.145. The largest absolute Gasteiger partial charge is 0.497 e. The van der Waals surface area contributed by atoms with Gasteiger partial charge in [0, 0.05) is 19.0 Å². The van der Waals surface area contributed by atoms with Crippen molar-refractivity contribution >= 4 is 11.7 Å². The summed E-state index contributed by atoms with van der Waals surface area (Å²) in [5.41, 5.74) is 0.902. The zero-order chi connectivity index (χ0) is 21.3. The molecule has 30 heavy (non-hydrogen) atoms. The Morgan fingerprint density at radius 3 is 2.63 bits per heavy atom. The summed E-state index contributed by atoms with van der Waals surface area (Å²) in [7, 11) is 1.62. The van der Waals surface area contributed by atoms with Crippen LogP contribution in [0, 0.1) is 18.4 Å². The fourth-order valence-corrected chi connectivity index (χ4v) is 4.92. The van der Waals surface area contributed by atoms with Crippen LogP contribution in [-0.2, 0) is 21.5 Å². The first-order valence-corrected chi connectivity index (χ1v) is 10.1. The highest BCUT2D eigenvalue weighted by Gasteiger charge is 2.56. The molecule has 0 unspecified atom stereocenters. The Morgan fingerprint density at radius 1 is 1.17 bits per heavy atom. The number of fused-ring (bicyclic) bond motifs is 1. The van der Waals surface area contributed by atoms with Crippen LogP contribution in [0.15, 0.2) is 66.4 Å². The Balaban J connectivity index is 1.80. The van der Waals surface area contributed by atoms with E-state index < -0.39 is 5.41 Å². The van der Waals surface area contributed by atoms with Crippen LogP contribution in [0.25, 0.3) is 4.85 Å². The van der Waals surface area contributed by atoms with Gasteiger partial charge in [-0.3, -0.25) is 4.79 Å². The molecule has 2 aromatic rings. The number of Topliss-reactive ketones (excluding diaryl/α,β-unsaturated/α-hetero) is 1. The Morgan fingerprint density at radius 2 is 1.93 bits per heavy atom. The number of rotatable bonds is 4. The lowest BCUT2D eigenvalue weighted by atomic mass is 9.58. The molecule has 5 heteroatoms. The first-order chi connectivity index (χ1) is 14.5. The number of hydrogen-bond acceptors (Lipinski definition) is 3. The molecule has 2 aromatic carbocycles. The smallest absolute Gasteiger partial charge is 0.236 e. The summed E-state index contributed by atoms with van der Waals surface area (Å²) in [6.07, 6.45) is 2.35. The summed E-state index contributed by atoms with van der Waals surface area (Å²) >= 11 is 0. The molecule has 1 heterocycles. The van der Waals surface area contributed by atoms with Gasteiger partial charge in [-0.25, -0.2) is 4.85 Å². The van der Waals surface area contributed by atoms with Crippen LogP contribution >= 0.6 is 0 Å². The molecule has 1 fully saturated rings. The van der Waals surface area contributed by atoms with Gasteiger partial charge in [0.15, 0.2) is 5.78 Å². The van der Waals surface area contributed by atoms with Gasteiger partial charge in [0.05, 0.1) is 19.1 Å². The number of ether oxygens (including phenoxy) is 1. The minimum Gasteiger partial charge on any atom is -0.497 e. The number of carbonyl (C=O) groups excluding carboxylic acids is 2. The van der Waals surface area contributed by atoms with E-state index in [1.54, 1.807) is 13.2 Å². The Labute approximate surface area is 176 Å². The van der Waals surface area contributed by atoms with E-state index in [-0.39, 0.29) is 29.2 Å². The molecule has 1 aliphatic heterocycles. The lowest BCUT2D eigenvalue weighted by Crippen LogP contribution is -2.59. The van der Waals surface area contributed by atoms with E-state index in [9.17, 15) is 9.59 Å². The highest BCUT2D eigenvalue weighted by Crippen LogP contribution is 2.49. The molecule has 5 nitrogen and oxygen atoms in total. The highest BCUT2D eigenvalue weighted by molar-refractivity contribution is 6.04. The van der Waals surface area contributed by atoms with E-state index in [0.29, 0.717) is 19.5 Å². The van der Waals surface area contributed by atoms with Crippen molar-refractivity contribution in [3.05, 3.63) is 88.9 Å². The molecular formula is C25H24N2O3. The number of carbonyl (C=O) groups is 2. The van der Waals surface area contributed by atoms with Crippen LogP contribution in [0.1, 0.15) is 24.5 Å². The summed E-state index contributed by atoms with van der Waals surface area (Å²) in [4.78, 5) is 32.0. The van der Waals surface area contributed by atoms with Crippen molar-refractivity contribution in [2.75, 3.05) is 13.7 Å². The molecule has 1 saturated heterocycles. The van der Waals surface area contributed by atoms with E-state index in [0.717, 1.165) is 16.9 Å². The predicted molar refractivity (Wildman–Crippen MR) is 113 cm³/mol. The molecule has 3 atom stereocenters. The van der Waals surface area contributed by atoms with Gasteiger partial charge in [0.1, 0.15) is 5.75 Å². The van der Waals surface area contributed by atoms with Crippen LogP contribution in [0.4, 0.5) is 0 Å². The van der Waals surface area contributed by atoms with Crippen molar-refractivity contribution in [1.82, 2.24) is 4.90 Å². The average molecular weight is 400 g/mol. The Bertz CT molecular complexity index is 1050. The molecule has 0 aromatic heterocycles. The van der Waals surface area contributed by atoms with Crippen LogP contribution in [0.3, 0.4) is 0 Å². The second-order valence-corrected chi connectivity index (χ2v) is 8.00. The number of nitrogens with zero attached hydrogens (tertiary/aromatic N) is 2. The van der Waals surface area contributed by atoms with Crippen molar-refractivity contribution < 1.29 is 14.3 Å². The van der Waals surface area contributed by atoms with Crippen LogP contribution in [-0.4, -0.2) is 30.2 Å². The standard InChI is InChI=1S/C25H24N2O3/c1-17-21-12-13-27(16-18-8-7-11-20(14-18)30-3)24(29)25(21,15-22(26-2)23(17)28)19-9-5-4-6-10-19/h4-11,14-15,17,21H,12-13,16H2,1,3H3/t17-,21-,25+/m1/s1. The summed E-state index contributed by atoms with van der Waals surface area (Å²) in [6.45, 7) is 10.4. The zero-order valence-electron chi connectivity index (χ0n) is 17.2. The minimum atomic E-state index is -0.994. The van der Waals surface area contributed by atoms with Gasteiger partial charge in [0.25, 0.3) is 0 Å². The van der Waals surface area contributed by atoms with Gasteiger partial charge in [-0.2, -0.15) is 0 Å². The second kappa shape index (κ2) is 7.79. The number of benzene rings is 2. The monoisotopic (exact) mass is 400 g/mol. The van der Waals surface area contributed by atoms with Crippen molar-refractivity contribution in [2.45, 2.75) is 25.3 Å². The van der Waals surface area contributed by atoms with E-state index >= 15 is 0 Å². The minimum absolute atomic E-state index is 0.0479. The molecule has 0 bridgehead atoms. The molecule has 0 radical (unpaired) electrons. The average Bonchev–Trinajstić information content (AvgIpc) is 2.79. The SMILES string of the molecule is [C-]#[N+]C1=C[C@@]2(c3ccccc3)C(=O)N(Cc3cccc(OC)c3)CC[C@@H]2[C@@H](C)C1=O. The maximum absolute atomic E-state index is 14.0. The molecule has 1 aliphatic carbocycles. The summed E-state index contributed by atoms with van der Waals surface area (Å²) in [5, 5.41) is 0. The molecule has 2 aliphatic rings. The van der Waals surface area contributed by atoms with Gasteiger partial charge in [-0.15, -0.1) is 0 Å². The van der Waals surface area contributed by atoms with E-state index in [2.05, 4.69) is 4.85 Å².